The lowest BCUT2D eigenvalue weighted by Crippen LogP contribution is -2.62. The molecule has 1 unspecified atom stereocenters. The third kappa shape index (κ3) is 4.19. The molecule has 1 aromatic carbocycles. The van der Waals surface area contributed by atoms with Crippen molar-refractivity contribution in [2.24, 2.45) is 0 Å². The minimum atomic E-state index is -0.857. The first-order chi connectivity index (χ1) is 15.6. The Labute approximate surface area is 197 Å². The quantitative estimate of drug-likeness (QED) is 0.596. The number of carbonyl (C=O) groups is 1. The lowest BCUT2D eigenvalue weighted by Gasteiger charge is -2.51. The van der Waals surface area contributed by atoms with Crippen LogP contribution in [0.25, 0.3) is 11.3 Å². The average molecular weight is 479 g/mol. The number of halogens is 2. The zero-order valence-corrected chi connectivity index (χ0v) is 19.9. The number of aromatic nitrogens is 2. The Hall–Kier alpha value is -2.65. The Kier molecular flexibility index (Phi) is 6.13. The molecule has 1 amide bonds. The van der Waals surface area contributed by atoms with Crippen LogP contribution in [-0.2, 0) is 4.74 Å². The highest BCUT2D eigenvalue weighted by atomic mass is 35.5. The van der Waals surface area contributed by atoms with E-state index in [1.54, 1.807) is 11.0 Å². The lowest BCUT2D eigenvalue weighted by molar-refractivity contribution is 0.0131. The van der Waals surface area contributed by atoms with Gasteiger partial charge in [0.2, 0.25) is 0 Å². The van der Waals surface area contributed by atoms with E-state index in [9.17, 15) is 14.3 Å². The molecule has 2 fully saturated rings. The van der Waals surface area contributed by atoms with Crippen LogP contribution in [0.1, 0.15) is 39.5 Å². The van der Waals surface area contributed by atoms with Gasteiger partial charge in [0.15, 0.2) is 12.6 Å². The summed E-state index contributed by atoms with van der Waals surface area (Å²) >= 11 is 5.91. The summed E-state index contributed by atoms with van der Waals surface area (Å²) in [6.45, 7) is 4.03. The molecule has 0 saturated carbocycles. The van der Waals surface area contributed by atoms with Gasteiger partial charge in [0, 0.05) is 42.9 Å². The van der Waals surface area contributed by atoms with Gasteiger partial charge in [0.25, 0.3) is 0 Å². The number of piperidine rings is 1. The van der Waals surface area contributed by atoms with Crippen LogP contribution in [-0.4, -0.2) is 64.4 Å². The zero-order valence-electron chi connectivity index (χ0n) is 19.1. The molecular weight excluding hydrogens is 451 g/mol. The molecule has 178 valence electrons. The second kappa shape index (κ2) is 8.61. The number of rotatable bonds is 6. The molecule has 8 nitrogen and oxygen atoms in total. The molecule has 10 heteroatoms. The van der Waals surface area contributed by atoms with Gasteiger partial charge in [-0.3, -0.25) is 4.90 Å². The van der Waals surface area contributed by atoms with E-state index < -0.39 is 23.0 Å². The highest BCUT2D eigenvalue weighted by Gasteiger charge is 2.58. The van der Waals surface area contributed by atoms with Crippen molar-refractivity contribution in [3.05, 3.63) is 35.1 Å². The third-order valence-corrected chi connectivity index (χ3v) is 7.30. The number of hydrogen-bond donors (Lipinski definition) is 1. The van der Waals surface area contributed by atoms with Gasteiger partial charge < -0.3 is 19.5 Å². The second-order valence-corrected chi connectivity index (χ2v) is 9.78. The average Bonchev–Trinajstić information content (AvgIpc) is 2.95. The second-order valence-electron chi connectivity index (χ2n) is 9.37. The molecule has 0 radical (unpaired) electrons. The monoisotopic (exact) mass is 478 g/mol. The molecule has 2 aliphatic rings. The standard InChI is InChI=1S/C23H28ClFN4O4/c1-22-7-8-23(2,29(22)21(30)31)12-14(11-22)28(3)20-6-5-18(26-27-20)15-9-17(25)16(24)10-19(15)33-13-32-4/h5-6,9-10,14H,7-8,11-13H2,1-4H3,(H,30,31)/t14?,22-,23+. The van der Waals surface area contributed by atoms with Crippen molar-refractivity contribution in [2.75, 3.05) is 25.9 Å². The third-order valence-electron chi connectivity index (χ3n) is 7.01. The maximum absolute atomic E-state index is 14.1. The number of hydrogen-bond acceptors (Lipinski definition) is 6. The Morgan fingerprint density at radius 3 is 2.48 bits per heavy atom. The molecule has 2 aromatic rings. The maximum atomic E-state index is 14.1. The van der Waals surface area contributed by atoms with E-state index in [1.165, 1.54) is 19.2 Å². The van der Waals surface area contributed by atoms with Gasteiger partial charge in [-0.25, -0.2) is 9.18 Å². The van der Waals surface area contributed by atoms with E-state index >= 15 is 0 Å². The van der Waals surface area contributed by atoms with Crippen LogP contribution in [0.4, 0.5) is 15.0 Å². The fourth-order valence-electron chi connectivity index (χ4n) is 5.44. The maximum Gasteiger partial charge on any atom is 0.408 e. The Bertz CT molecular complexity index is 1040. The molecular formula is C23H28ClFN4O4. The van der Waals surface area contributed by atoms with E-state index in [4.69, 9.17) is 21.1 Å². The van der Waals surface area contributed by atoms with E-state index in [0.717, 1.165) is 12.8 Å². The Morgan fingerprint density at radius 2 is 1.94 bits per heavy atom. The molecule has 2 aliphatic heterocycles. The first-order valence-corrected chi connectivity index (χ1v) is 11.2. The number of anilines is 1. The van der Waals surface area contributed by atoms with Crippen molar-refractivity contribution < 1.29 is 23.8 Å². The predicted molar refractivity (Wildman–Crippen MR) is 122 cm³/mol. The molecule has 1 N–H and O–H groups in total. The van der Waals surface area contributed by atoms with E-state index in [2.05, 4.69) is 15.1 Å². The summed E-state index contributed by atoms with van der Waals surface area (Å²) in [6, 6.07) is 6.35. The van der Waals surface area contributed by atoms with Crippen molar-refractivity contribution in [2.45, 2.75) is 56.7 Å². The summed E-state index contributed by atoms with van der Waals surface area (Å²) in [6.07, 6.45) is 2.26. The number of benzene rings is 1. The molecule has 3 atom stereocenters. The van der Waals surface area contributed by atoms with Crippen molar-refractivity contribution in [1.29, 1.82) is 0 Å². The summed E-state index contributed by atoms with van der Waals surface area (Å²) < 4.78 is 24.6. The SMILES string of the molecule is COCOc1cc(Cl)c(F)cc1-c1ccc(N(C)C2C[C@]3(C)CC[C@](C)(C2)N3C(=O)O)nn1. The van der Waals surface area contributed by atoms with E-state index in [-0.39, 0.29) is 17.9 Å². The first kappa shape index (κ1) is 23.5. The minimum Gasteiger partial charge on any atom is -0.467 e. The van der Waals surface area contributed by atoms with Gasteiger partial charge in [-0.15, -0.1) is 10.2 Å². The number of amides is 1. The summed E-state index contributed by atoms with van der Waals surface area (Å²) in [4.78, 5) is 15.6. The molecule has 3 heterocycles. The van der Waals surface area contributed by atoms with Crippen molar-refractivity contribution in [3.63, 3.8) is 0 Å². The van der Waals surface area contributed by atoms with Crippen LogP contribution < -0.4 is 9.64 Å². The molecule has 2 bridgehead atoms. The van der Waals surface area contributed by atoms with Crippen LogP contribution in [0.3, 0.4) is 0 Å². The number of methoxy groups -OCH3 is 1. The largest absolute Gasteiger partial charge is 0.467 e. The number of fused-ring (bicyclic) bond motifs is 2. The molecule has 33 heavy (non-hydrogen) atoms. The van der Waals surface area contributed by atoms with Gasteiger partial charge in [-0.05, 0) is 57.7 Å². The number of nitrogens with zero attached hydrogens (tertiary/aromatic N) is 4. The van der Waals surface area contributed by atoms with Gasteiger partial charge >= 0.3 is 6.09 Å². The summed E-state index contributed by atoms with van der Waals surface area (Å²) in [5.74, 6) is 0.423. The van der Waals surface area contributed by atoms with Gasteiger partial charge in [0.05, 0.1) is 10.7 Å². The molecule has 0 aliphatic carbocycles. The van der Waals surface area contributed by atoms with Crippen LogP contribution >= 0.6 is 11.6 Å². The molecule has 1 aromatic heterocycles. The van der Waals surface area contributed by atoms with Crippen molar-refractivity contribution in [3.8, 4) is 17.0 Å². The van der Waals surface area contributed by atoms with Gasteiger partial charge in [-0.2, -0.15) is 0 Å². The van der Waals surface area contributed by atoms with Crippen LogP contribution in [0.2, 0.25) is 5.02 Å². The van der Waals surface area contributed by atoms with E-state index in [0.29, 0.717) is 35.7 Å². The molecule has 4 rings (SSSR count). The Balaban J connectivity index is 1.57. The summed E-state index contributed by atoms with van der Waals surface area (Å²) in [7, 11) is 3.44. The normalized spacial score (nSPS) is 26.4. The van der Waals surface area contributed by atoms with Crippen LogP contribution in [0.5, 0.6) is 5.75 Å². The van der Waals surface area contributed by atoms with E-state index in [1.807, 2.05) is 27.0 Å². The minimum absolute atomic E-state index is 0.0181. The van der Waals surface area contributed by atoms with Gasteiger partial charge in [0.1, 0.15) is 11.6 Å². The van der Waals surface area contributed by atoms with Crippen LogP contribution in [0, 0.1) is 5.82 Å². The highest BCUT2D eigenvalue weighted by molar-refractivity contribution is 6.31. The fourth-order valence-corrected chi connectivity index (χ4v) is 5.59. The summed E-state index contributed by atoms with van der Waals surface area (Å²) in [5, 5.41) is 18.4. The zero-order chi connectivity index (χ0) is 24.0. The highest BCUT2D eigenvalue weighted by Crippen LogP contribution is 2.51. The molecule has 2 saturated heterocycles. The van der Waals surface area contributed by atoms with Crippen molar-refractivity contribution in [1.82, 2.24) is 15.1 Å². The smallest absolute Gasteiger partial charge is 0.408 e. The number of ether oxygens (including phenoxy) is 2. The predicted octanol–water partition coefficient (Wildman–Crippen LogP) is 4.81. The number of carboxylic acid groups (broad SMARTS) is 1. The lowest BCUT2D eigenvalue weighted by atomic mass is 9.82. The van der Waals surface area contributed by atoms with Crippen molar-refractivity contribution >= 4 is 23.5 Å². The van der Waals surface area contributed by atoms with Crippen LogP contribution in [0.15, 0.2) is 24.3 Å². The Morgan fingerprint density at radius 1 is 1.27 bits per heavy atom. The fraction of sp³-hybridized carbons (Fsp3) is 0.522. The van der Waals surface area contributed by atoms with Gasteiger partial charge in [-0.1, -0.05) is 11.6 Å². The topological polar surface area (TPSA) is 88.0 Å². The first-order valence-electron chi connectivity index (χ1n) is 10.8. The molecule has 0 spiro atoms. The summed E-state index contributed by atoms with van der Waals surface area (Å²) in [5.41, 5.74) is 0.0519.